The summed E-state index contributed by atoms with van der Waals surface area (Å²) >= 11 is 0. The molecular formula is C20H29NO3S2. The van der Waals surface area contributed by atoms with E-state index in [0.29, 0.717) is 12.3 Å². The van der Waals surface area contributed by atoms with Crippen LogP contribution in [0.1, 0.15) is 63.0 Å². The number of hydrogen-bond donors (Lipinski definition) is 1. The maximum atomic E-state index is 12.2. The van der Waals surface area contributed by atoms with Crippen molar-refractivity contribution in [3.63, 3.8) is 0 Å². The molecule has 0 bridgehead atoms. The fraction of sp³-hybridized carbons (Fsp3) is 0.600. The lowest BCUT2D eigenvalue weighted by atomic mass is 9.98. The monoisotopic (exact) mass is 395 g/mol. The number of anilines is 1. The summed E-state index contributed by atoms with van der Waals surface area (Å²) in [6, 6.07) is 5.97. The van der Waals surface area contributed by atoms with E-state index in [1.165, 1.54) is 12.2 Å². The van der Waals surface area contributed by atoms with Gasteiger partial charge in [0.25, 0.3) is 5.91 Å². The van der Waals surface area contributed by atoms with Crippen molar-refractivity contribution in [2.75, 3.05) is 17.7 Å². The molecule has 6 heteroatoms. The average molecular weight is 396 g/mol. The molecule has 2 rings (SSSR count). The minimum Gasteiger partial charge on any atom is -0.456 e. The molecule has 0 spiro atoms. The second kappa shape index (κ2) is 10.9. The zero-order valence-electron chi connectivity index (χ0n) is 15.9. The van der Waals surface area contributed by atoms with Crippen LogP contribution in [0.2, 0.25) is 0 Å². The number of benzene rings is 1. The number of aryl methyl sites for hydroxylation is 1. The molecule has 1 aromatic rings. The fourth-order valence-electron chi connectivity index (χ4n) is 2.94. The van der Waals surface area contributed by atoms with Crippen molar-refractivity contribution < 1.29 is 14.3 Å². The zero-order chi connectivity index (χ0) is 18.9. The van der Waals surface area contributed by atoms with Crippen LogP contribution in [0.4, 0.5) is 5.69 Å². The normalized spacial score (nSPS) is 16.7. The van der Waals surface area contributed by atoms with E-state index in [0.717, 1.165) is 41.3 Å². The first-order valence-corrected chi connectivity index (χ1v) is 11.7. The number of carbonyl (C=O) groups is 2. The third-order valence-electron chi connectivity index (χ3n) is 4.44. The van der Waals surface area contributed by atoms with Crippen molar-refractivity contribution in [2.45, 2.75) is 64.0 Å². The number of rotatable bonds is 9. The predicted molar refractivity (Wildman–Crippen MR) is 112 cm³/mol. The van der Waals surface area contributed by atoms with E-state index in [-0.39, 0.29) is 18.5 Å². The molecule has 0 radical (unpaired) electrons. The maximum absolute atomic E-state index is 12.2. The zero-order valence-corrected chi connectivity index (χ0v) is 17.5. The number of nitrogens with one attached hydrogen (secondary N) is 1. The summed E-state index contributed by atoms with van der Waals surface area (Å²) in [4.78, 5) is 24.0. The van der Waals surface area contributed by atoms with Gasteiger partial charge in [-0.3, -0.25) is 9.59 Å². The molecule has 1 N–H and O–H groups in total. The van der Waals surface area contributed by atoms with Gasteiger partial charge in [0.2, 0.25) is 0 Å². The molecule has 1 fully saturated rings. The number of ether oxygens (including phenoxy) is 1. The Hall–Kier alpha value is -1.14. The van der Waals surface area contributed by atoms with Gasteiger partial charge in [-0.2, -0.15) is 0 Å². The van der Waals surface area contributed by atoms with Gasteiger partial charge in [0.05, 0.1) is 0 Å². The van der Waals surface area contributed by atoms with E-state index < -0.39 is 0 Å². The Balaban J connectivity index is 1.69. The van der Waals surface area contributed by atoms with E-state index in [2.05, 4.69) is 19.2 Å². The molecule has 26 heavy (non-hydrogen) atoms. The molecule has 1 aromatic carbocycles. The standard InChI is InChI=1S/C20H29NO3S2/c1-14(2)17-9-6-7-15(3)20(17)21-18(22)13-24-19(23)10-5-4-8-16-11-12-25-26-16/h6-7,9,14,16H,4-5,8,10-13H2,1-3H3,(H,21,22)/t16-/m0/s1. The number of carbonyl (C=O) groups excluding carboxylic acids is 2. The fourth-order valence-corrected chi connectivity index (χ4v) is 5.97. The van der Waals surface area contributed by atoms with Crippen LogP contribution in [0, 0.1) is 6.92 Å². The molecule has 1 saturated heterocycles. The van der Waals surface area contributed by atoms with E-state index in [4.69, 9.17) is 4.74 Å². The van der Waals surface area contributed by atoms with Gasteiger partial charge in [-0.15, -0.1) is 0 Å². The number of unbranched alkanes of at least 4 members (excludes halogenated alkanes) is 1. The van der Waals surface area contributed by atoms with E-state index in [9.17, 15) is 9.59 Å². The molecule has 1 heterocycles. The summed E-state index contributed by atoms with van der Waals surface area (Å²) < 4.78 is 5.13. The average Bonchev–Trinajstić information content (AvgIpc) is 3.12. The van der Waals surface area contributed by atoms with E-state index in [1.807, 2.05) is 46.7 Å². The molecule has 0 unspecified atom stereocenters. The van der Waals surface area contributed by atoms with Gasteiger partial charge in [-0.1, -0.05) is 60.1 Å². The number of esters is 1. The quantitative estimate of drug-likeness (QED) is 0.349. The molecule has 1 aliphatic heterocycles. The van der Waals surface area contributed by atoms with Crippen LogP contribution in [-0.2, 0) is 14.3 Å². The molecule has 0 aromatic heterocycles. The van der Waals surface area contributed by atoms with Crippen molar-refractivity contribution in [1.82, 2.24) is 0 Å². The highest BCUT2D eigenvalue weighted by molar-refractivity contribution is 8.77. The highest BCUT2D eigenvalue weighted by Crippen LogP contribution is 2.39. The Bertz CT molecular complexity index is 613. The van der Waals surface area contributed by atoms with Gasteiger partial charge < -0.3 is 10.1 Å². The van der Waals surface area contributed by atoms with Crippen LogP contribution < -0.4 is 5.32 Å². The lowest BCUT2D eigenvalue weighted by Crippen LogP contribution is -2.22. The smallest absolute Gasteiger partial charge is 0.306 e. The van der Waals surface area contributed by atoms with Crippen LogP contribution in [0.25, 0.3) is 0 Å². The summed E-state index contributed by atoms with van der Waals surface area (Å²) in [6.45, 7) is 5.93. The van der Waals surface area contributed by atoms with Crippen molar-refractivity contribution in [2.24, 2.45) is 0 Å². The third-order valence-corrected chi connectivity index (χ3v) is 7.45. The van der Waals surface area contributed by atoms with Crippen LogP contribution in [0.15, 0.2) is 18.2 Å². The second-order valence-electron chi connectivity index (χ2n) is 6.98. The molecular weight excluding hydrogens is 366 g/mol. The van der Waals surface area contributed by atoms with Crippen molar-refractivity contribution >= 4 is 39.2 Å². The molecule has 144 valence electrons. The molecule has 4 nitrogen and oxygen atoms in total. The number of amides is 1. The molecule has 1 amide bonds. The third kappa shape index (κ3) is 6.88. The SMILES string of the molecule is Cc1cccc(C(C)C)c1NC(=O)COC(=O)CCCC[C@H]1CCSS1. The van der Waals surface area contributed by atoms with Crippen LogP contribution in [-0.4, -0.2) is 29.5 Å². The van der Waals surface area contributed by atoms with Gasteiger partial charge in [0, 0.05) is 23.1 Å². The van der Waals surface area contributed by atoms with Gasteiger partial charge in [0.1, 0.15) is 0 Å². The van der Waals surface area contributed by atoms with Crippen molar-refractivity contribution in [1.29, 1.82) is 0 Å². The summed E-state index contributed by atoms with van der Waals surface area (Å²) in [5, 5.41) is 3.64. The number of hydrogen-bond acceptors (Lipinski definition) is 5. The Morgan fingerprint density at radius 3 is 2.81 bits per heavy atom. The minimum atomic E-state index is -0.289. The van der Waals surface area contributed by atoms with E-state index >= 15 is 0 Å². The lowest BCUT2D eigenvalue weighted by Gasteiger charge is -2.16. The summed E-state index contributed by atoms with van der Waals surface area (Å²) in [6.07, 6.45) is 4.70. The predicted octanol–water partition coefficient (Wildman–Crippen LogP) is 5.31. The summed E-state index contributed by atoms with van der Waals surface area (Å²) in [5.41, 5.74) is 2.93. The first kappa shape index (κ1) is 21.2. The van der Waals surface area contributed by atoms with Crippen molar-refractivity contribution in [3.8, 4) is 0 Å². The summed E-state index contributed by atoms with van der Waals surface area (Å²) in [7, 11) is 3.91. The van der Waals surface area contributed by atoms with Crippen LogP contribution in [0.5, 0.6) is 0 Å². The largest absolute Gasteiger partial charge is 0.456 e. The van der Waals surface area contributed by atoms with Crippen LogP contribution in [0.3, 0.4) is 0 Å². The Morgan fingerprint density at radius 2 is 2.12 bits per heavy atom. The Morgan fingerprint density at radius 1 is 1.31 bits per heavy atom. The minimum absolute atomic E-state index is 0.222. The molecule has 0 aliphatic carbocycles. The Labute approximate surface area is 164 Å². The second-order valence-corrected chi connectivity index (χ2v) is 9.76. The number of para-hydroxylation sites is 1. The molecule has 1 aliphatic rings. The highest BCUT2D eigenvalue weighted by Gasteiger charge is 2.16. The van der Waals surface area contributed by atoms with Crippen molar-refractivity contribution in [3.05, 3.63) is 29.3 Å². The van der Waals surface area contributed by atoms with E-state index in [1.54, 1.807) is 0 Å². The molecule has 0 saturated carbocycles. The van der Waals surface area contributed by atoms with Gasteiger partial charge >= 0.3 is 5.97 Å². The van der Waals surface area contributed by atoms with Gasteiger partial charge in [-0.05, 0) is 43.2 Å². The molecule has 1 atom stereocenters. The first-order valence-electron chi connectivity index (χ1n) is 9.30. The first-order chi connectivity index (χ1) is 12.5. The Kier molecular flexibility index (Phi) is 8.85. The maximum Gasteiger partial charge on any atom is 0.306 e. The summed E-state index contributed by atoms with van der Waals surface area (Å²) in [5.74, 6) is 0.979. The van der Waals surface area contributed by atoms with Gasteiger partial charge in [-0.25, -0.2) is 0 Å². The van der Waals surface area contributed by atoms with Gasteiger partial charge in [0.15, 0.2) is 6.61 Å². The van der Waals surface area contributed by atoms with Crippen LogP contribution >= 0.6 is 21.6 Å². The topological polar surface area (TPSA) is 55.4 Å². The highest BCUT2D eigenvalue weighted by atomic mass is 33.1. The lowest BCUT2D eigenvalue weighted by molar-refractivity contribution is -0.147.